The Morgan fingerprint density at radius 1 is 1.17 bits per heavy atom. The molecular weight excluding hydrogens is 311 g/mol. The first-order valence-electron chi connectivity index (χ1n) is 7.34. The molecule has 0 spiro atoms. The summed E-state index contributed by atoms with van der Waals surface area (Å²) in [5, 5.41) is 12.8. The predicted molar refractivity (Wildman–Crippen MR) is 87.6 cm³/mol. The van der Waals surface area contributed by atoms with Crippen LogP contribution in [0.3, 0.4) is 0 Å². The highest BCUT2D eigenvalue weighted by Crippen LogP contribution is 2.24. The summed E-state index contributed by atoms with van der Waals surface area (Å²) in [5.74, 6) is -1.91. The summed E-state index contributed by atoms with van der Waals surface area (Å²) in [4.78, 5) is 26.4. The van der Waals surface area contributed by atoms with E-state index in [0.29, 0.717) is 16.6 Å². The number of halogens is 1. The van der Waals surface area contributed by atoms with Gasteiger partial charge in [0, 0.05) is 28.6 Å². The minimum atomic E-state index is -1.09. The van der Waals surface area contributed by atoms with Gasteiger partial charge in [-0.15, -0.1) is 0 Å². The second kappa shape index (κ2) is 6.16. The van der Waals surface area contributed by atoms with Crippen molar-refractivity contribution >= 4 is 22.8 Å². The molecule has 0 fully saturated rings. The lowest BCUT2D eigenvalue weighted by molar-refractivity contribution is 0.0689. The number of aryl methyl sites for hydroxylation is 1. The third-order valence-corrected chi connectivity index (χ3v) is 3.81. The molecule has 3 rings (SSSR count). The summed E-state index contributed by atoms with van der Waals surface area (Å²) in [6.45, 7) is 1.97. The van der Waals surface area contributed by atoms with Crippen molar-refractivity contribution in [2.45, 2.75) is 13.5 Å². The van der Waals surface area contributed by atoms with Crippen LogP contribution in [0.4, 0.5) is 4.39 Å². The number of aromatic carboxylic acids is 1. The van der Waals surface area contributed by atoms with Crippen molar-refractivity contribution in [3.63, 3.8) is 0 Å². The highest BCUT2D eigenvalue weighted by Gasteiger charge is 2.18. The zero-order valence-electron chi connectivity index (χ0n) is 12.9. The fourth-order valence-electron chi connectivity index (χ4n) is 2.60. The first kappa shape index (κ1) is 15.7. The van der Waals surface area contributed by atoms with Crippen LogP contribution in [0.25, 0.3) is 10.9 Å². The van der Waals surface area contributed by atoms with Crippen molar-refractivity contribution in [3.8, 4) is 0 Å². The molecule has 2 aromatic carbocycles. The molecule has 0 bridgehead atoms. The smallest absolute Gasteiger partial charge is 0.352 e. The van der Waals surface area contributed by atoms with Crippen molar-refractivity contribution < 1.29 is 19.1 Å². The molecule has 0 aliphatic heterocycles. The molecule has 0 saturated carbocycles. The highest BCUT2D eigenvalue weighted by atomic mass is 19.1. The highest BCUT2D eigenvalue weighted by molar-refractivity contribution is 5.98. The lowest BCUT2D eigenvalue weighted by Gasteiger charge is -2.06. The van der Waals surface area contributed by atoms with Crippen LogP contribution in [0.15, 0.2) is 42.5 Å². The number of carbonyl (C=O) groups is 2. The molecule has 5 nitrogen and oxygen atoms in total. The van der Waals surface area contributed by atoms with Gasteiger partial charge in [0.15, 0.2) is 0 Å². The van der Waals surface area contributed by atoms with E-state index in [1.165, 1.54) is 24.3 Å². The average Bonchev–Trinajstić information content (AvgIpc) is 2.91. The Bertz CT molecular complexity index is 929. The fourth-order valence-corrected chi connectivity index (χ4v) is 2.60. The van der Waals surface area contributed by atoms with Crippen LogP contribution >= 0.6 is 0 Å². The second-order valence-corrected chi connectivity index (χ2v) is 5.52. The topological polar surface area (TPSA) is 82.2 Å². The Labute approximate surface area is 137 Å². The van der Waals surface area contributed by atoms with Gasteiger partial charge in [0.25, 0.3) is 5.91 Å². The third kappa shape index (κ3) is 2.99. The monoisotopic (exact) mass is 326 g/mol. The van der Waals surface area contributed by atoms with E-state index in [1.807, 2.05) is 25.1 Å². The quantitative estimate of drug-likeness (QED) is 0.688. The normalized spacial score (nSPS) is 10.8. The molecule has 1 heterocycles. The van der Waals surface area contributed by atoms with Crippen LogP contribution in [0.2, 0.25) is 0 Å². The zero-order chi connectivity index (χ0) is 17.3. The minimum absolute atomic E-state index is 0.0509. The number of nitrogens with one attached hydrogen (secondary N) is 2. The Hall–Kier alpha value is -3.15. The number of fused-ring (bicyclic) bond motifs is 1. The molecule has 3 N–H and O–H groups in total. The predicted octanol–water partition coefficient (Wildman–Crippen LogP) is 3.24. The van der Waals surface area contributed by atoms with Gasteiger partial charge in [-0.05, 0) is 43.3 Å². The Balaban J connectivity index is 1.90. The van der Waals surface area contributed by atoms with Gasteiger partial charge < -0.3 is 15.4 Å². The van der Waals surface area contributed by atoms with Gasteiger partial charge in [-0.1, -0.05) is 11.6 Å². The Morgan fingerprint density at radius 3 is 2.54 bits per heavy atom. The number of carboxylic acid groups (broad SMARTS) is 1. The van der Waals surface area contributed by atoms with Crippen LogP contribution in [0.1, 0.15) is 32.0 Å². The third-order valence-electron chi connectivity index (χ3n) is 3.81. The number of benzene rings is 2. The van der Waals surface area contributed by atoms with E-state index in [-0.39, 0.29) is 12.2 Å². The maximum atomic E-state index is 12.9. The number of aromatic amines is 1. The van der Waals surface area contributed by atoms with Gasteiger partial charge in [-0.3, -0.25) is 4.79 Å². The van der Waals surface area contributed by atoms with E-state index >= 15 is 0 Å². The molecule has 122 valence electrons. The van der Waals surface area contributed by atoms with Crippen molar-refractivity contribution in [3.05, 3.63) is 70.7 Å². The lowest BCUT2D eigenvalue weighted by Crippen LogP contribution is -2.23. The van der Waals surface area contributed by atoms with Crippen molar-refractivity contribution in [1.29, 1.82) is 0 Å². The van der Waals surface area contributed by atoms with Gasteiger partial charge in [-0.25, -0.2) is 9.18 Å². The molecule has 1 amide bonds. The van der Waals surface area contributed by atoms with Gasteiger partial charge in [-0.2, -0.15) is 0 Å². The van der Waals surface area contributed by atoms with E-state index < -0.39 is 17.7 Å². The molecule has 0 atom stereocenters. The van der Waals surface area contributed by atoms with E-state index in [4.69, 9.17) is 0 Å². The average molecular weight is 326 g/mol. The van der Waals surface area contributed by atoms with Gasteiger partial charge in [0.2, 0.25) is 0 Å². The number of H-pyrrole nitrogens is 1. The van der Waals surface area contributed by atoms with Crippen molar-refractivity contribution in [1.82, 2.24) is 10.3 Å². The summed E-state index contributed by atoms with van der Waals surface area (Å²) in [6.07, 6.45) is 0. The molecule has 1 aromatic heterocycles. The molecule has 24 heavy (non-hydrogen) atoms. The summed E-state index contributed by atoms with van der Waals surface area (Å²) in [5.41, 5.74) is 2.56. The largest absolute Gasteiger partial charge is 0.477 e. The number of rotatable bonds is 4. The van der Waals surface area contributed by atoms with E-state index in [1.54, 1.807) is 0 Å². The molecule has 0 aliphatic carbocycles. The van der Waals surface area contributed by atoms with Crippen LogP contribution in [0.5, 0.6) is 0 Å². The Morgan fingerprint density at radius 2 is 1.88 bits per heavy atom. The second-order valence-electron chi connectivity index (χ2n) is 5.52. The molecule has 0 saturated heterocycles. The van der Waals surface area contributed by atoms with E-state index in [0.717, 1.165) is 10.9 Å². The number of hydrogen-bond acceptors (Lipinski definition) is 2. The lowest BCUT2D eigenvalue weighted by atomic mass is 10.1. The first-order valence-corrected chi connectivity index (χ1v) is 7.34. The molecule has 0 aliphatic rings. The molecule has 6 heteroatoms. The first-order chi connectivity index (χ1) is 11.5. The standard InChI is InChI=1S/C18H15FN2O3/c1-10-2-7-15-13(8-10)14(16(21-15)18(23)24)9-20-17(22)11-3-5-12(19)6-4-11/h2-8,21H,9H2,1H3,(H,20,22)(H,23,24). The number of aromatic nitrogens is 1. The maximum Gasteiger partial charge on any atom is 0.352 e. The Kier molecular flexibility index (Phi) is 4.04. The van der Waals surface area contributed by atoms with E-state index in [2.05, 4.69) is 10.3 Å². The fraction of sp³-hybridized carbons (Fsp3) is 0.111. The van der Waals surface area contributed by atoms with Crippen LogP contribution in [-0.2, 0) is 6.54 Å². The van der Waals surface area contributed by atoms with Crippen molar-refractivity contribution in [2.75, 3.05) is 0 Å². The summed E-state index contributed by atoms with van der Waals surface area (Å²) < 4.78 is 12.9. The maximum absolute atomic E-state index is 12.9. The zero-order valence-corrected chi connectivity index (χ0v) is 12.9. The summed E-state index contributed by atoms with van der Waals surface area (Å²) in [6, 6.07) is 10.7. The molecular formula is C18H15FN2O3. The van der Waals surface area contributed by atoms with Crippen LogP contribution < -0.4 is 5.32 Å². The van der Waals surface area contributed by atoms with E-state index in [9.17, 15) is 19.1 Å². The van der Waals surface area contributed by atoms with Gasteiger partial charge >= 0.3 is 5.97 Å². The number of carboxylic acids is 1. The van der Waals surface area contributed by atoms with Crippen LogP contribution in [-0.4, -0.2) is 22.0 Å². The molecule has 0 radical (unpaired) electrons. The number of hydrogen-bond donors (Lipinski definition) is 3. The minimum Gasteiger partial charge on any atom is -0.477 e. The summed E-state index contributed by atoms with van der Waals surface area (Å²) >= 11 is 0. The van der Waals surface area contributed by atoms with Crippen molar-refractivity contribution in [2.24, 2.45) is 0 Å². The number of carbonyl (C=O) groups excluding carboxylic acids is 1. The summed E-state index contributed by atoms with van der Waals surface area (Å²) in [7, 11) is 0. The SMILES string of the molecule is Cc1ccc2[nH]c(C(=O)O)c(CNC(=O)c3ccc(F)cc3)c2c1. The molecule has 0 unspecified atom stereocenters. The molecule has 3 aromatic rings. The van der Waals surface area contributed by atoms with Gasteiger partial charge in [0.1, 0.15) is 11.5 Å². The number of amides is 1. The van der Waals surface area contributed by atoms with Gasteiger partial charge in [0.05, 0.1) is 0 Å². The van der Waals surface area contributed by atoms with Crippen LogP contribution in [0, 0.1) is 12.7 Å².